The molecule has 1 atom stereocenters. The monoisotopic (exact) mass is 250 g/mol. The van der Waals surface area contributed by atoms with Gasteiger partial charge >= 0.3 is 12.0 Å². The summed E-state index contributed by atoms with van der Waals surface area (Å²) in [5.41, 5.74) is 0. The first-order chi connectivity index (χ1) is 7.32. The summed E-state index contributed by atoms with van der Waals surface area (Å²) >= 11 is 0. The number of hydrogen-bond donors (Lipinski definition) is 2. The van der Waals surface area contributed by atoms with Crippen LogP contribution in [0.15, 0.2) is 0 Å². The standard InChI is InChI=1S/C8H14N2O5S/c1-6-5-16(14,15)3-2-10(6)8(13)9-4-7(11)12/h6H,2-5H2,1H3,(H,9,13)(H,11,12). The number of hydrogen-bond acceptors (Lipinski definition) is 4. The van der Waals surface area contributed by atoms with Crippen LogP contribution >= 0.6 is 0 Å². The molecule has 0 aromatic heterocycles. The van der Waals surface area contributed by atoms with Gasteiger partial charge in [-0.1, -0.05) is 0 Å². The third-order valence-electron chi connectivity index (χ3n) is 2.32. The fourth-order valence-electron chi connectivity index (χ4n) is 1.55. The number of carbonyl (C=O) groups excluding carboxylic acids is 1. The van der Waals surface area contributed by atoms with Gasteiger partial charge in [-0.3, -0.25) is 4.79 Å². The number of sulfone groups is 1. The molecule has 16 heavy (non-hydrogen) atoms. The maximum Gasteiger partial charge on any atom is 0.323 e. The van der Waals surface area contributed by atoms with Gasteiger partial charge in [0.15, 0.2) is 9.84 Å². The fourth-order valence-corrected chi connectivity index (χ4v) is 3.11. The molecular formula is C8H14N2O5S. The lowest BCUT2D eigenvalue weighted by atomic mass is 10.3. The van der Waals surface area contributed by atoms with Gasteiger partial charge in [0.25, 0.3) is 0 Å². The Hall–Kier alpha value is -1.31. The van der Waals surface area contributed by atoms with Crippen LogP contribution in [0.25, 0.3) is 0 Å². The highest BCUT2D eigenvalue weighted by Gasteiger charge is 2.31. The predicted molar refractivity (Wildman–Crippen MR) is 55.9 cm³/mol. The first-order valence-electron chi connectivity index (χ1n) is 4.78. The molecule has 1 rings (SSSR count). The smallest absolute Gasteiger partial charge is 0.323 e. The van der Waals surface area contributed by atoms with E-state index in [4.69, 9.17) is 5.11 Å². The molecule has 2 N–H and O–H groups in total. The average Bonchev–Trinajstić information content (AvgIpc) is 2.12. The van der Waals surface area contributed by atoms with E-state index in [2.05, 4.69) is 5.32 Å². The molecule has 1 unspecified atom stereocenters. The third kappa shape index (κ3) is 3.37. The van der Waals surface area contributed by atoms with Crippen molar-refractivity contribution in [1.29, 1.82) is 0 Å². The Labute approximate surface area is 93.3 Å². The summed E-state index contributed by atoms with van der Waals surface area (Å²) in [4.78, 5) is 23.1. The van der Waals surface area contributed by atoms with Crippen molar-refractivity contribution in [3.8, 4) is 0 Å². The average molecular weight is 250 g/mol. The van der Waals surface area contributed by atoms with Gasteiger partial charge in [-0.05, 0) is 6.92 Å². The van der Waals surface area contributed by atoms with E-state index in [1.165, 1.54) is 4.90 Å². The van der Waals surface area contributed by atoms with Crippen molar-refractivity contribution in [2.24, 2.45) is 0 Å². The maximum absolute atomic E-state index is 11.5. The number of urea groups is 1. The van der Waals surface area contributed by atoms with Crippen molar-refractivity contribution in [2.75, 3.05) is 24.6 Å². The van der Waals surface area contributed by atoms with Gasteiger partial charge in [0.1, 0.15) is 6.54 Å². The number of nitrogens with zero attached hydrogens (tertiary/aromatic N) is 1. The SMILES string of the molecule is CC1CS(=O)(=O)CCN1C(=O)NCC(=O)O. The van der Waals surface area contributed by atoms with Crippen LogP contribution in [0.2, 0.25) is 0 Å². The number of aliphatic carboxylic acids is 1. The van der Waals surface area contributed by atoms with Crippen LogP contribution < -0.4 is 5.32 Å². The largest absolute Gasteiger partial charge is 0.480 e. The summed E-state index contributed by atoms with van der Waals surface area (Å²) in [5.74, 6) is -1.28. The zero-order valence-corrected chi connectivity index (χ0v) is 9.66. The normalized spacial score (nSPS) is 23.8. The van der Waals surface area contributed by atoms with Gasteiger partial charge in [0.2, 0.25) is 0 Å². The lowest BCUT2D eigenvalue weighted by Crippen LogP contribution is -2.53. The molecule has 0 radical (unpaired) electrons. The lowest BCUT2D eigenvalue weighted by Gasteiger charge is -2.32. The Morgan fingerprint density at radius 3 is 2.62 bits per heavy atom. The van der Waals surface area contributed by atoms with Gasteiger partial charge in [0.05, 0.1) is 11.5 Å². The first-order valence-corrected chi connectivity index (χ1v) is 6.60. The highest BCUT2D eigenvalue weighted by atomic mass is 32.2. The van der Waals surface area contributed by atoms with Crippen molar-refractivity contribution in [2.45, 2.75) is 13.0 Å². The van der Waals surface area contributed by atoms with E-state index in [0.29, 0.717) is 0 Å². The first kappa shape index (κ1) is 12.8. The molecule has 8 heteroatoms. The van der Waals surface area contributed by atoms with E-state index in [1.54, 1.807) is 6.92 Å². The molecule has 0 aliphatic carbocycles. The molecule has 0 aromatic rings. The van der Waals surface area contributed by atoms with Crippen LogP contribution in [0.5, 0.6) is 0 Å². The molecule has 2 amide bonds. The molecule has 1 heterocycles. The summed E-state index contributed by atoms with van der Waals surface area (Å²) in [6.07, 6.45) is 0. The van der Waals surface area contributed by atoms with Crippen LogP contribution in [-0.2, 0) is 14.6 Å². The van der Waals surface area contributed by atoms with E-state index in [-0.39, 0.29) is 18.1 Å². The third-order valence-corrected chi connectivity index (χ3v) is 4.12. The number of carbonyl (C=O) groups is 2. The molecular weight excluding hydrogens is 236 g/mol. The molecule has 1 fully saturated rings. The van der Waals surface area contributed by atoms with Gasteiger partial charge in [-0.2, -0.15) is 0 Å². The zero-order chi connectivity index (χ0) is 12.3. The molecule has 92 valence electrons. The number of carboxylic acids is 1. The van der Waals surface area contributed by atoms with Gasteiger partial charge in [-0.25, -0.2) is 13.2 Å². The second-order valence-corrected chi connectivity index (χ2v) is 5.94. The van der Waals surface area contributed by atoms with Crippen LogP contribution in [0.4, 0.5) is 4.79 Å². The predicted octanol–water partition coefficient (Wildman–Crippen LogP) is -1.10. The quantitative estimate of drug-likeness (QED) is 0.647. The molecule has 1 aliphatic rings. The fraction of sp³-hybridized carbons (Fsp3) is 0.750. The van der Waals surface area contributed by atoms with E-state index >= 15 is 0 Å². The minimum Gasteiger partial charge on any atom is -0.480 e. The Morgan fingerprint density at radius 1 is 1.50 bits per heavy atom. The number of carboxylic acid groups (broad SMARTS) is 1. The minimum atomic E-state index is -3.07. The number of amides is 2. The molecule has 0 aromatic carbocycles. The molecule has 7 nitrogen and oxygen atoms in total. The van der Waals surface area contributed by atoms with Gasteiger partial charge in [-0.15, -0.1) is 0 Å². The summed E-state index contributed by atoms with van der Waals surface area (Å²) in [6, 6.07) is -0.961. The molecule has 1 saturated heterocycles. The highest BCUT2D eigenvalue weighted by Crippen LogP contribution is 2.11. The van der Waals surface area contributed by atoms with Crippen LogP contribution in [0.1, 0.15) is 6.92 Å². The van der Waals surface area contributed by atoms with E-state index in [1.807, 2.05) is 0 Å². The summed E-state index contributed by atoms with van der Waals surface area (Å²) < 4.78 is 22.5. The van der Waals surface area contributed by atoms with Crippen LogP contribution in [0.3, 0.4) is 0 Å². The van der Waals surface area contributed by atoms with Gasteiger partial charge in [0, 0.05) is 12.6 Å². The van der Waals surface area contributed by atoms with Crippen LogP contribution in [-0.4, -0.2) is 61.1 Å². The Morgan fingerprint density at radius 2 is 2.12 bits per heavy atom. The van der Waals surface area contributed by atoms with Crippen molar-refractivity contribution >= 4 is 21.8 Å². The Balaban J connectivity index is 2.55. The van der Waals surface area contributed by atoms with E-state index in [9.17, 15) is 18.0 Å². The summed E-state index contributed by atoms with van der Waals surface area (Å²) in [5, 5.41) is 10.6. The topological polar surface area (TPSA) is 104 Å². The molecule has 0 bridgehead atoms. The number of nitrogens with one attached hydrogen (secondary N) is 1. The van der Waals surface area contributed by atoms with Crippen molar-refractivity contribution < 1.29 is 23.1 Å². The second kappa shape index (κ2) is 4.69. The Bertz CT molecular complexity index is 391. The molecule has 0 saturated carbocycles. The number of rotatable bonds is 2. The maximum atomic E-state index is 11.5. The molecule has 0 spiro atoms. The zero-order valence-electron chi connectivity index (χ0n) is 8.84. The van der Waals surface area contributed by atoms with E-state index in [0.717, 1.165) is 0 Å². The van der Waals surface area contributed by atoms with Crippen LogP contribution in [0, 0.1) is 0 Å². The summed E-state index contributed by atoms with van der Waals surface area (Å²) in [6.45, 7) is 1.26. The highest BCUT2D eigenvalue weighted by molar-refractivity contribution is 7.91. The summed E-state index contributed by atoms with van der Waals surface area (Å²) in [7, 11) is -3.07. The van der Waals surface area contributed by atoms with E-state index < -0.39 is 34.4 Å². The van der Waals surface area contributed by atoms with Crippen molar-refractivity contribution in [1.82, 2.24) is 10.2 Å². The van der Waals surface area contributed by atoms with Crippen molar-refractivity contribution in [3.63, 3.8) is 0 Å². The van der Waals surface area contributed by atoms with Gasteiger partial charge < -0.3 is 15.3 Å². The second-order valence-electron chi connectivity index (χ2n) is 3.71. The molecule has 1 aliphatic heterocycles. The van der Waals surface area contributed by atoms with Crippen molar-refractivity contribution in [3.05, 3.63) is 0 Å². The Kier molecular flexibility index (Phi) is 3.74. The minimum absolute atomic E-state index is 0.0716. The lowest BCUT2D eigenvalue weighted by molar-refractivity contribution is -0.135.